The van der Waals surface area contributed by atoms with Gasteiger partial charge in [-0.05, 0) is 38.5 Å². The Morgan fingerprint density at radius 3 is 2.61 bits per heavy atom. The normalized spacial score (nSPS) is 17.4. The van der Waals surface area contributed by atoms with Crippen LogP contribution in [0.5, 0.6) is 0 Å². The molecule has 0 aliphatic carbocycles. The first-order valence-corrected chi connectivity index (χ1v) is 6.45. The van der Waals surface area contributed by atoms with Crippen LogP contribution in [-0.4, -0.2) is 22.5 Å². The van der Waals surface area contributed by atoms with E-state index < -0.39 is 5.72 Å². The number of carbonyl (C=O) groups excluding carboxylic acids is 1. The van der Waals surface area contributed by atoms with Gasteiger partial charge in [-0.15, -0.1) is 5.10 Å². The number of hydrogen-bond acceptors (Lipinski definition) is 3. The van der Waals surface area contributed by atoms with Gasteiger partial charge in [0.2, 0.25) is 17.5 Å². The quantitative estimate of drug-likeness (QED) is 0.800. The van der Waals surface area contributed by atoms with E-state index in [4.69, 9.17) is 4.74 Å². The number of rotatable bonds is 1. The van der Waals surface area contributed by atoms with E-state index in [1.54, 1.807) is 0 Å². The van der Waals surface area contributed by atoms with Crippen molar-refractivity contribution >= 4 is 27.7 Å². The number of hydrogen-bond donors (Lipinski definition) is 0. The molecule has 0 saturated heterocycles. The molecular formula is C13H15BrN2O2. The Kier molecular flexibility index (Phi) is 3.19. The molecule has 96 valence electrons. The predicted octanol–water partition coefficient (Wildman–Crippen LogP) is 3.03. The second kappa shape index (κ2) is 4.39. The van der Waals surface area contributed by atoms with Crippen LogP contribution in [-0.2, 0) is 9.53 Å². The summed E-state index contributed by atoms with van der Waals surface area (Å²) in [5, 5.41) is 5.60. The van der Waals surface area contributed by atoms with Gasteiger partial charge in [-0.3, -0.25) is 4.79 Å². The summed E-state index contributed by atoms with van der Waals surface area (Å²) in [5.74, 6) is 0.331. The van der Waals surface area contributed by atoms with Crippen LogP contribution in [0.15, 0.2) is 27.8 Å². The third-order valence-corrected chi connectivity index (χ3v) is 3.62. The molecule has 1 heterocycles. The summed E-state index contributed by atoms with van der Waals surface area (Å²) >= 11 is 3.47. The lowest BCUT2D eigenvalue weighted by molar-refractivity contribution is -0.142. The van der Waals surface area contributed by atoms with E-state index in [1.165, 1.54) is 11.9 Å². The Morgan fingerprint density at radius 1 is 1.44 bits per heavy atom. The predicted molar refractivity (Wildman–Crippen MR) is 73.1 cm³/mol. The molecule has 2 rings (SSSR count). The summed E-state index contributed by atoms with van der Waals surface area (Å²) in [6.45, 7) is 7.11. The Labute approximate surface area is 115 Å². The molecule has 0 saturated carbocycles. The molecule has 1 aliphatic rings. The van der Waals surface area contributed by atoms with Gasteiger partial charge < -0.3 is 4.74 Å². The van der Waals surface area contributed by atoms with Gasteiger partial charge >= 0.3 is 0 Å². The van der Waals surface area contributed by atoms with Crippen LogP contribution in [0.3, 0.4) is 0 Å². The topological polar surface area (TPSA) is 41.9 Å². The van der Waals surface area contributed by atoms with Crippen molar-refractivity contribution in [3.05, 3.63) is 33.8 Å². The van der Waals surface area contributed by atoms with Crippen LogP contribution in [0.4, 0.5) is 0 Å². The van der Waals surface area contributed by atoms with E-state index in [0.717, 1.165) is 15.6 Å². The van der Waals surface area contributed by atoms with Gasteiger partial charge in [0.05, 0.1) is 0 Å². The molecule has 0 spiro atoms. The fraction of sp³-hybridized carbons (Fsp3) is 0.385. The van der Waals surface area contributed by atoms with Crippen LogP contribution >= 0.6 is 15.9 Å². The number of hydrazone groups is 1. The van der Waals surface area contributed by atoms with Crippen molar-refractivity contribution in [2.75, 3.05) is 0 Å². The van der Waals surface area contributed by atoms with Crippen molar-refractivity contribution in [2.45, 2.75) is 33.4 Å². The number of halogens is 1. The number of carbonyl (C=O) groups is 1. The molecule has 5 heteroatoms. The fourth-order valence-corrected chi connectivity index (χ4v) is 2.18. The molecular weight excluding hydrogens is 296 g/mol. The van der Waals surface area contributed by atoms with Gasteiger partial charge in [-0.25, -0.2) is 0 Å². The summed E-state index contributed by atoms with van der Waals surface area (Å²) < 4.78 is 6.73. The minimum absolute atomic E-state index is 0.138. The van der Waals surface area contributed by atoms with Gasteiger partial charge in [0, 0.05) is 17.0 Å². The Morgan fingerprint density at radius 2 is 2.11 bits per heavy atom. The van der Waals surface area contributed by atoms with Gasteiger partial charge in [-0.2, -0.15) is 5.01 Å². The van der Waals surface area contributed by atoms with E-state index in [1.807, 2.05) is 39.0 Å². The molecule has 1 aromatic rings. The second-order valence-electron chi connectivity index (χ2n) is 4.75. The highest BCUT2D eigenvalue weighted by Crippen LogP contribution is 2.28. The Balaban J connectivity index is 2.38. The number of benzene rings is 1. The standard InChI is InChI=1S/C13H15BrN2O2/c1-8-5-6-10(7-11(8)14)12-15-16(9(2)17)13(3,4)18-12/h5-7H,1-4H3. The van der Waals surface area contributed by atoms with Crippen molar-refractivity contribution in [3.8, 4) is 0 Å². The number of amides is 1. The van der Waals surface area contributed by atoms with E-state index >= 15 is 0 Å². The molecule has 0 unspecified atom stereocenters. The molecule has 0 fully saturated rings. The maximum Gasteiger partial charge on any atom is 0.243 e. The molecule has 0 bridgehead atoms. The smallest absolute Gasteiger partial charge is 0.243 e. The van der Waals surface area contributed by atoms with E-state index in [9.17, 15) is 4.79 Å². The maximum absolute atomic E-state index is 11.5. The van der Waals surface area contributed by atoms with E-state index in [0.29, 0.717) is 5.90 Å². The van der Waals surface area contributed by atoms with Gasteiger partial charge in [0.1, 0.15) is 0 Å². The summed E-state index contributed by atoms with van der Waals surface area (Å²) in [5.41, 5.74) is 1.25. The largest absolute Gasteiger partial charge is 0.448 e. The van der Waals surface area contributed by atoms with Crippen LogP contribution in [0, 0.1) is 6.92 Å². The van der Waals surface area contributed by atoms with Crippen molar-refractivity contribution in [3.63, 3.8) is 0 Å². The van der Waals surface area contributed by atoms with Crippen molar-refractivity contribution in [1.29, 1.82) is 0 Å². The SMILES string of the molecule is CC(=O)N1N=C(c2ccc(C)c(Br)c2)OC1(C)C. The Hall–Kier alpha value is -1.36. The molecule has 1 amide bonds. The highest BCUT2D eigenvalue weighted by molar-refractivity contribution is 9.10. The summed E-state index contributed by atoms with van der Waals surface area (Å²) in [7, 11) is 0. The molecule has 0 aromatic heterocycles. The zero-order chi connectivity index (χ0) is 13.5. The van der Waals surface area contributed by atoms with Gasteiger partial charge in [0.15, 0.2) is 0 Å². The molecule has 0 atom stereocenters. The van der Waals surface area contributed by atoms with E-state index in [-0.39, 0.29) is 5.91 Å². The van der Waals surface area contributed by atoms with Crippen molar-refractivity contribution < 1.29 is 9.53 Å². The zero-order valence-corrected chi connectivity index (χ0v) is 12.4. The fourth-order valence-electron chi connectivity index (χ4n) is 1.80. The van der Waals surface area contributed by atoms with Crippen molar-refractivity contribution in [2.24, 2.45) is 5.10 Å². The second-order valence-corrected chi connectivity index (χ2v) is 5.60. The lowest BCUT2D eigenvalue weighted by atomic mass is 10.1. The highest BCUT2D eigenvalue weighted by atomic mass is 79.9. The number of nitrogens with zero attached hydrogens (tertiary/aromatic N) is 2. The maximum atomic E-state index is 11.5. The molecule has 4 nitrogen and oxygen atoms in total. The first-order chi connectivity index (χ1) is 8.31. The summed E-state index contributed by atoms with van der Waals surface area (Å²) in [6, 6.07) is 5.85. The minimum atomic E-state index is -0.738. The first kappa shape index (κ1) is 13.1. The molecule has 1 aliphatic heterocycles. The summed E-state index contributed by atoms with van der Waals surface area (Å²) in [4.78, 5) is 11.5. The van der Waals surface area contributed by atoms with Gasteiger partial charge in [-0.1, -0.05) is 22.0 Å². The van der Waals surface area contributed by atoms with Crippen molar-refractivity contribution in [1.82, 2.24) is 5.01 Å². The monoisotopic (exact) mass is 310 g/mol. The molecule has 18 heavy (non-hydrogen) atoms. The lowest BCUT2D eigenvalue weighted by Crippen LogP contribution is -2.41. The highest BCUT2D eigenvalue weighted by Gasteiger charge is 2.38. The molecule has 0 N–H and O–H groups in total. The zero-order valence-electron chi connectivity index (χ0n) is 10.8. The average Bonchev–Trinajstić information content (AvgIpc) is 2.58. The number of ether oxygens (including phenoxy) is 1. The molecule has 1 aromatic carbocycles. The van der Waals surface area contributed by atoms with Crippen LogP contribution in [0.2, 0.25) is 0 Å². The van der Waals surface area contributed by atoms with Crippen LogP contribution in [0.1, 0.15) is 31.9 Å². The molecule has 0 radical (unpaired) electrons. The lowest BCUT2D eigenvalue weighted by Gasteiger charge is -2.25. The third-order valence-electron chi connectivity index (χ3n) is 2.76. The van der Waals surface area contributed by atoms with Crippen LogP contribution < -0.4 is 0 Å². The van der Waals surface area contributed by atoms with Crippen LogP contribution in [0.25, 0.3) is 0 Å². The van der Waals surface area contributed by atoms with Gasteiger partial charge in [0.25, 0.3) is 0 Å². The number of aryl methyl sites for hydroxylation is 1. The third kappa shape index (κ3) is 2.27. The minimum Gasteiger partial charge on any atom is -0.448 e. The first-order valence-electron chi connectivity index (χ1n) is 5.66. The Bertz CT molecular complexity index is 538. The average molecular weight is 311 g/mol. The van der Waals surface area contributed by atoms with E-state index in [2.05, 4.69) is 21.0 Å². The summed E-state index contributed by atoms with van der Waals surface area (Å²) in [6.07, 6.45) is 0.